The second-order valence-electron chi connectivity index (χ2n) is 12.7. The van der Waals surface area contributed by atoms with Crippen molar-refractivity contribution in [1.82, 2.24) is 4.72 Å². The lowest BCUT2D eigenvalue weighted by atomic mass is 9.68. The van der Waals surface area contributed by atoms with E-state index in [9.17, 15) is 23.1 Å². The van der Waals surface area contributed by atoms with E-state index in [0.717, 1.165) is 37.8 Å². The van der Waals surface area contributed by atoms with Crippen LogP contribution in [0.3, 0.4) is 0 Å². The molecular formula is C33H39ClN2O7S. The van der Waals surface area contributed by atoms with Gasteiger partial charge in [0.1, 0.15) is 5.75 Å². The molecule has 0 radical (unpaired) electrons. The van der Waals surface area contributed by atoms with Gasteiger partial charge in [0.25, 0.3) is 5.91 Å². The number of amides is 1. The first-order chi connectivity index (χ1) is 21.1. The molecule has 1 fully saturated rings. The lowest BCUT2D eigenvalue weighted by molar-refractivity contribution is -0.140. The largest absolute Gasteiger partial charge is 0.490 e. The van der Waals surface area contributed by atoms with Crippen LogP contribution in [0, 0.1) is 11.8 Å². The average molecular weight is 643 g/mol. The van der Waals surface area contributed by atoms with Crippen LogP contribution in [0.1, 0.15) is 66.4 Å². The molecule has 2 aliphatic heterocycles. The topological polar surface area (TPSA) is 122 Å². The quantitative estimate of drug-likeness (QED) is 0.362. The smallest absolute Gasteiger partial charge is 0.306 e. The van der Waals surface area contributed by atoms with E-state index in [0.29, 0.717) is 36.9 Å². The highest BCUT2D eigenvalue weighted by atomic mass is 35.5. The van der Waals surface area contributed by atoms with Gasteiger partial charge >= 0.3 is 5.97 Å². The molecule has 1 amide bonds. The number of anilines is 1. The van der Waals surface area contributed by atoms with Gasteiger partial charge in [0.15, 0.2) is 0 Å². The Balaban J connectivity index is 1.40. The molecule has 2 aromatic rings. The van der Waals surface area contributed by atoms with Crippen molar-refractivity contribution in [2.75, 3.05) is 31.7 Å². The van der Waals surface area contributed by atoms with Gasteiger partial charge < -0.3 is 19.5 Å². The Morgan fingerprint density at radius 2 is 2.05 bits per heavy atom. The third kappa shape index (κ3) is 6.08. The number of nitrogens with one attached hydrogen (secondary N) is 1. The molecular weight excluding hydrogens is 604 g/mol. The number of ether oxygens (including phenoxy) is 2. The van der Waals surface area contributed by atoms with Crippen LogP contribution in [0.2, 0.25) is 5.02 Å². The van der Waals surface area contributed by atoms with Gasteiger partial charge in [-0.15, -0.1) is 0 Å². The molecule has 236 valence electrons. The van der Waals surface area contributed by atoms with Gasteiger partial charge in [-0.1, -0.05) is 29.8 Å². The number of hydrogen-bond acceptors (Lipinski definition) is 8. The predicted molar refractivity (Wildman–Crippen MR) is 168 cm³/mol. The molecule has 2 bridgehead atoms. The number of carbonyl (C=O) groups is 2. The molecule has 0 unspecified atom stereocenters. The summed E-state index contributed by atoms with van der Waals surface area (Å²) in [5.74, 6) is -0.533. The van der Waals surface area contributed by atoms with Crippen LogP contribution >= 0.6 is 11.6 Å². The van der Waals surface area contributed by atoms with Crippen LogP contribution in [0.5, 0.6) is 5.75 Å². The number of aliphatic hydroxyl groups is 1. The maximum Gasteiger partial charge on any atom is 0.306 e. The normalized spacial score (nSPS) is 30.4. The third-order valence-corrected chi connectivity index (χ3v) is 11.9. The van der Waals surface area contributed by atoms with Gasteiger partial charge in [-0.3, -0.25) is 9.59 Å². The molecule has 5 atom stereocenters. The molecule has 9 nitrogen and oxygen atoms in total. The summed E-state index contributed by atoms with van der Waals surface area (Å²) >= 11 is 6.38. The van der Waals surface area contributed by atoms with E-state index >= 15 is 0 Å². The number of aliphatic hydroxyl groups excluding tert-OH is 1. The van der Waals surface area contributed by atoms with Gasteiger partial charge in [-0.05, 0) is 98.2 Å². The van der Waals surface area contributed by atoms with E-state index in [-0.39, 0.29) is 35.7 Å². The van der Waals surface area contributed by atoms with Crippen molar-refractivity contribution in [1.29, 1.82) is 0 Å². The fraction of sp³-hybridized carbons (Fsp3) is 0.515. The first-order valence-electron chi connectivity index (χ1n) is 15.4. The summed E-state index contributed by atoms with van der Waals surface area (Å²) in [4.78, 5) is 27.8. The summed E-state index contributed by atoms with van der Waals surface area (Å²) in [6, 6.07) is 11.1. The summed E-state index contributed by atoms with van der Waals surface area (Å²) < 4.78 is 40.2. The van der Waals surface area contributed by atoms with Crippen LogP contribution in [0.4, 0.5) is 5.69 Å². The van der Waals surface area contributed by atoms with Crippen molar-refractivity contribution in [2.24, 2.45) is 11.8 Å². The number of nitrogens with zero attached hydrogens (tertiary/aromatic N) is 1. The fourth-order valence-electron chi connectivity index (χ4n) is 7.38. The highest BCUT2D eigenvalue weighted by Crippen LogP contribution is 2.46. The standard InChI is InChI=1S/C33H39ClN2O7S/c1-42-31(38)17-25-6-2-3-7-29(37)26-11-8-23(26)18-36-19-33(14-4-5-21-15-24(34)10-12-27(21)33)20-43-30-13-9-22(16-28(30)36)32(39)35-44(25,40)41/h3,7,9-10,12-13,15-16,23,25-26,29,37H,2,4-6,8,11,14,17-20H2,1H3,(H,35,39)/b7-3-/t23-,25-,26+,29-,33-/m0/s1. The minimum Gasteiger partial charge on any atom is -0.490 e. The van der Waals surface area contributed by atoms with Gasteiger partial charge in [-0.2, -0.15) is 0 Å². The number of sulfonamides is 1. The number of benzene rings is 2. The van der Waals surface area contributed by atoms with E-state index < -0.39 is 33.3 Å². The Labute approximate surface area is 263 Å². The number of aryl methyl sites for hydroxylation is 1. The zero-order valence-electron chi connectivity index (χ0n) is 24.8. The zero-order chi connectivity index (χ0) is 31.1. The van der Waals surface area contributed by atoms with Gasteiger partial charge in [0, 0.05) is 29.1 Å². The van der Waals surface area contributed by atoms with Crippen LogP contribution < -0.4 is 14.4 Å². The van der Waals surface area contributed by atoms with Crippen LogP contribution in [-0.2, 0) is 31.4 Å². The minimum absolute atomic E-state index is 0.0567. The van der Waals surface area contributed by atoms with Crippen LogP contribution in [0.15, 0.2) is 48.6 Å². The second-order valence-corrected chi connectivity index (χ2v) is 15.1. The molecule has 1 saturated carbocycles. The molecule has 2 heterocycles. The molecule has 2 aliphatic carbocycles. The number of esters is 1. The summed E-state index contributed by atoms with van der Waals surface area (Å²) in [7, 11) is -3.03. The Morgan fingerprint density at radius 1 is 1.20 bits per heavy atom. The van der Waals surface area contributed by atoms with E-state index in [4.69, 9.17) is 21.1 Å². The fourth-order valence-corrected chi connectivity index (χ4v) is 8.92. The van der Waals surface area contributed by atoms with Gasteiger partial charge in [0.05, 0.1) is 37.2 Å². The van der Waals surface area contributed by atoms with Crippen molar-refractivity contribution >= 4 is 39.2 Å². The number of hydrogen-bond donors (Lipinski definition) is 2. The molecule has 1 spiro atoms. The first kappa shape index (κ1) is 30.9. The maximum atomic E-state index is 13.4. The van der Waals surface area contributed by atoms with E-state index in [1.54, 1.807) is 30.4 Å². The van der Waals surface area contributed by atoms with Gasteiger partial charge in [0.2, 0.25) is 10.0 Å². The lowest BCUT2D eigenvalue weighted by Gasteiger charge is -2.45. The number of methoxy groups -OCH3 is 1. The lowest BCUT2D eigenvalue weighted by Crippen LogP contribution is -2.49. The Hall–Kier alpha value is -3.08. The van der Waals surface area contributed by atoms with Crippen LogP contribution in [-0.4, -0.2) is 63.6 Å². The third-order valence-electron chi connectivity index (χ3n) is 9.95. The van der Waals surface area contributed by atoms with Crippen molar-refractivity contribution in [3.63, 3.8) is 0 Å². The Kier molecular flexibility index (Phi) is 8.69. The molecule has 0 saturated heterocycles. The van der Waals surface area contributed by atoms with Crippen molar-refractivity contribution in [3.05, 3.63) is 70.3 Å². The molecule has 2 aromatic carbocycles. The Bertz CT molecular complexity index is 1580. The first-order valence-corrected chi connectivity index (χ1v) is 17.3. The summed E-state index contributed by atoms with van der Waals surface area (Å²) in [6.07, 6.45) is 7.60. The molecule has 4 aliphatic rings. The Morgan fingerprint density at radius 3 is 2.82 bits per heavy atom. The minimum atomic E-state index is -4.23. The van der Waals surface area contributed by atoms with Crippen LogP contribution in [0.25, 0.3) is 0 Å². The number of rotatable bonds is 2. The number of fused-ring (bicyclic) bond motifs is 4. The molecule has 0 aromatic heterocycles. The average Bonchev–Trinajstić information content (AvgIpc) is 3.12. The monoisotopic (exact) mass is 642 g/mol. The van der Waals surface area contributed by atoms with Crippen molar-refractivity contribution < 1.29 is 32.6 Å². The van der Waals surface area contributed by atoms with Crippen molar-refractivity contribution in [3.8, 4) is 5.75 Å². The van der Waals surface area contributed by atoms with Crippen molar-refractivity contribution in [2.45, 2.75) is 68.1 Å². The maximum absolute atomic E-state index is 13.4. The summed E-state index contributed by atoms with van der Waals surface area (Å²) in [5.41, 5.74) is 3.05. The molecule has 44 heavy (non-hydrogen) atoms. The molecule has 11 heteroatoms. The number of allylic oxidation sites excluding steroid dienone is 1. The zero-order valence-corrected chi connectivity index (χ0v) is 26.4. The second kappa shape index (κ2) is 12.4. The predicted octanol–water partition coefficient (Wildman–Crippen LogP) is 4.54. The summed E-state index contributed by atoms with van der Waals surface area (Å²) in [5, 5.41) is 10.7. The van der Waals surface area contributed by atoms with E-state index in [2.05, 4.69) is 15.7 Å². The molecule has 2 N–H and O–H groups in total. The summed E-state index contributed by atoms with van der Waals surface area (Å²) in [6.45, 7) is 1.77. The van der Waals surface area contributed by atoms with E-state index in [1.165, 1.54) is 18.2 Å². The number of halogens is 1. The van der Waals surface area contributed by atoms with Gasteiger partial charge in [-0.25, -0.2) is 13.1 Å². The molecule has 6 rings (SSSR count). The SMILES string of the molecule is COC(=O)C[C@@H]1CC/C=C\[C@H](O)[C@@H]2CC[C@H]2CN2C[C@@]3(CCCc4cc(Cl)ccc43)COc3ccc(cc32)C(=O)NS1(=O)=O. The number of carbonyl (C=O) groups excluding carboxylic acids is 2. The highest BCUT2D eigenvalue weighted by Gasteiger charge is 2.44. The highest BCUT2D eigenvalue weighted by molar-refractivity contribution is 7.90. The van der Waals surface area contributed by atoms with E-state index in [1.807, 2.05) is 12.1 Å².